The van der Waals surface area contributed by atoms with E-state index >= 15 is 0 Å². The number of rotatable bonds is 5. The fourth-order valence-electron chi connectivity index (χ4n) is 3.27. The minimum atomic E-state index is -0.0442. The van der Waals surface area contributed by atoms with Gasteiger partial charge in [0.05, 0.1) is 31.0 Å². The summed E-state index contributed by atoms with van der Waals surface area (Å²) in [6.07, 6.45) is 1.71. The van der Waals surface area contributed by atoms with Gasteiger partial charge < -0.3 is 25.4 Å². The normalized spacial score (nSPS) is 27.5. The molecule has 2 saturated heterocycles. The first-order valence-electron chi connectivity index (χ1n) is 9.61. The van der Waals surface area contributed by atoms with E-state index in [9.17, 15) is 0 Å². The quantitative estimate of drug-likeness (QED) is 0.654. The largest absolute Gasteiger partial charge is 0.371 e. The Morgan fingerprint density at radius 2 is 1.89 bits per heavy atom. The van der Waals surface area contributed by atoms with Crippen molar-refractivity contribution in [1.82, 2.24) is 20.6 Å². The molecule has 8 heteroatoms. The molecule has 0 saturated carbocycles. The molecule has 150 valence electrons. The average molecular weight is 394 g/mol. The van der Waals surface area contributed by atoms with Gasteiger partial charge in [0.25, 0.3) is 0 Å². The van der Waals surface area contributed by atoms with Gasteiger partial charge in [-0.15, -0.1) is 0 Å². The topological polar surface area (TPSA) is 80.3 Å². The number of hydrogen-bond donors (Lipinski definition) is 3. The highest BCUT2D eigenvalue weighted by Gasteiger charge is 2.48. The van der Waals surface area contributed by atoms with Gasteiger partial charge in [0, 0.05) is 18.2 Å². The highest BCUT2D eigenvalue weighted by Crippen LogP contribution is 2.29. The second-order valence-corrected chi connectivity index (χ2v) is 9.13. The third kappa shape index (κ3) is 5.06. The second-order valence-electron chi connectivity index (χ2n) is 8.72. The zero-order valence-corrected chi connectivity index (χ0v) is 17.6. The van der Waals surface area contributed by atoms with Crippen molar-refractivity contribution in [3.63, 3.8) is 0 Å². The summed E-state index contributed by atoms with van der Waals surface area (Å²) in [6, 6.07) is 2.03. The van der Waals surface area contributed by atoms with Gasteiger partial charge in [-0.05, 0) is 24.2 Å². The van der Waals surface area contributed by atoms with Crippen LogP contribution in [0.2, 0.25) is 0 Å². The number of nitrogens with one attached hydrogen (secondary N) is 3. The van der Waals surface area contributed by atoms with Crippen molar-refractivity contribution in [3.05, 3.63) is 18.0 Å². The SMILES string of the molecule is CC(C)CNC(=S)N[C@@H]1CO[C@@H]2[C@@H]1OC[C@@H]2Nc1nccc(C(C)(C)C)n1. The van der Waals surface area contributed by atoms with E-state index in [1.165, 1.54) is 0 Å². The summed E-state index contributed by atoms with van der Waals surface area (Å²) >= 11 is 5.38. The minimum Gasteiger partial charge on any atom is -0.371 e. The Hall–Kier alpha value is -1.51. The van der Waals surface area contributed by atoms with Crippen LogP contribution in [0.1, 0.15) is 40.3 Å². The fraction of sp³-hybridized carbons (Fsp3) is 0.737. The first-order chi connectivity index (χ1) is 12.7. The van der Waals surface area contributed by atoms with Gasteiger partial charge in [-0.3, -0.25) is 0 Å². The van der Waals surface area contributed by atoms with Crippen molar-refractivity contribution in [2.75, 3.05) is 25.1 Å². The third-order valence-electron chi connectivity index (χ3n) is 4.78. The van der Waals surface area contributed by atoms with Gasteiger partial charge in [-0.1, -0.05) is 34.6 Å². The van der Waals surface area contributed by atoms with Crippen molar-refractivity contribution < 1.29 is 9.47 Å². The molecule has 0 bridgehead atoms. The summed E-state index contributed by atoms with van der Waals surface area (Å²) in [5, 5.41) is 10.6. The molecule has 0 radical (unpaired) electrons. The molecule has 27 heavy (non-hydrogen) atoms. The average Bonchev–Trinajstić information content (AvgIpc) is 3.16. The molecule has 3 rings (SSSR count). The Morgan fingerprint density at radius 1 is 1.22 bits per heavy atom. The lowest BCUT2D eigenvalue weighted by Crippen LogP contribution is -2.49. The maximum absolute atomic E-state index is 6.01. The van der Waals surface area contributed by atoms with Crippen molar-refractivity contribution in [1.29, 1.82) is 0 Å². The summed E-state index contributed by atoms with van der Waals surface area (Å²) in [5.41, 5.74) is 0.981. The molecule has 3 N–H and O–H groups in total. The highest BCUT2D eigenvalue weighted by atomic mass is 32.1. The number of ether oxygens (including phenoxy) is 2. The summed E-state index contributed by atoms with van der Waals surface area (Å²) in [7, 11) is 0. The molecule has 2 fully saturated rings. The monoisotopic (exact) mass is 393 g/mol. The van der Waals surface area contributed by atoms with Crippen LogP contribution in [0.4, 0.5) is 5.95 Å². The molecule has 0 aromatic carbocycles. The van der Waals surface area contributed by atoms with E-state index in [1.54, 1.807) is 6.20 Å². The van der Waals surface area contributed by atoms with E-state index < -0.39 is 0 Å². The molecule has 1 aromatic heterocycles. The van der Waals surface area contributed by atoms with Gasteiger partial charge in [-0.25, -0.2) is 9.97 Å². The van der Waals surface area contributed by atoms with E-state index in [0.717, 1.165) is 12.2 Å². The van der Waals surface area contributed by atoms with Gasteiger partial charge in [0.15, 0.2) is 5.11 Å². The Morgan fingerprint density at radius 3 is 2.56 bits per heavy atom. The Labute approximate surface area is 167 Å². The summed E-state index contributed by atoms with van der Waals surface area (Å²) in [4.78, 5) is 9.01. The molecule has 0 unspecified atom stereocenters. The van der Waals surface area contributed by atoms with Crippen LogP contribution in [0.3, 0.4) is 0 Å². The van der Waals surface area contributed by atoms with Gasteiger partial charge in [0.2, 0.25) is 5.95 Å². The summed E-state index contributed by atoms with van der Waals surface area (Å²) in [6.45, 7) is 12.7. The lowest BCUT2D eigenvalue weighted by molar-refractivity contribution is 0.0688. The predicted molar refractivity (Wildman–Crippen MR) is 110 cm³/mol. The number of thiocarbonyl (C=S) groups is 1. The smallest absolute Gasteiger partial charge is 0.223 e. The lowest BCUT2D eigenvalue weighted by atomic mass is 9.92. The van der Waals surface area contributed by atoms with E-state index in [0.29, 0.717) is 30.2 Å². The molecule has 0 amide bonds. The van der Waals surface area contributed by atoms with Crippen LogP contribution in [0.25, 0.3) is 0 Å². The molecule has 2 aliphatic heterocycles. The molecule has 0 spiro atoms. The Bertz CT molecular complexity index is 664. The maximum Gasteiger partial charge on any atom is 0.223 e. The summed E-state index contributed by atoms with van der Waals surface area (Å²) < 4.78 is 12.0. The Balaban J connectivity index is 1.57. The van der Waals surface area contributed by atoms with Gasteiger partial charge >= 0.3 is 0 Å². The standard InChI is InChI=1S/C19H31N5O2S/c1-11(2)8-21-18(27)23-13-10-26-15-12(9-25-16(13)15)22-17-20-7-6-14(24-17)19(3,4)5/h6-7,11-13,15-16H,8-10H2,1-5H3,(H,20,22,24)(H2,21,23,27)/t12-,13+,15-,16+/m0/s1. The summed E-state index contributed by atoms with van der Waals surface area (Å²) in [5.74, 6) is 1.16. The number of nitrogens with zero attached hydrogens (tertiary/aromatic N) is 2. The molecule has 3 heterocycles. The first-order valence-corrected chi connectivity index (χ1v) is 10.0. The zero-order valence-electron chi connectivity index (χ0n) is 16.8. The van der Waals surface area contributed by atoms with Crippen LogP contribution in [0.5, 0.6) is 0 Å². The van der Waals surface area contributed by atoms with Crippen LogP contribution in [-0.4, -0.2) is 59.1 Å². The van der Waals surface area contributed by atoms with Crippen LogP contribution >= 0.6 is 12.2 Å². The fourth-order valence-corrected chi connectivity index (χ4v) is 3.51. The van der Waals surface area contributed by atoms with Gasteiger partial charge in [-0.2, -0.15) is 0 Å². The van der Waals surface area contributed by atoms with Gasteiger partial charge in [0.1, 0.15) is 12.2 Å². The number of anilines is 1. The first kappa shape index (κ1) is 20.2. The minimum absolute atomic E-state index is 0.0222. The van der Waals surface area contributed by atoms with Crippen molar-refractivity contribution in [3.8, 4) is 0 Å². The highest BCUT2D eigenvalue weighted by molar-refractivity contribution is 7.80. The molecular formula is C19H31N5O2S. The molecule has 1 aromatic rings. The number of hydrogen-bond acceptors (Lipinski definition) is 6. The zero-order chi connectivity index (χ0) is 19.6. The predicted octanol–water partition coefficient (Wildman–Crippen LogP) is 1.84. The van der Waals surface area contributed by atoms with Crippen LogP contribution in [-0.2, 0) is 14.9 Å². The molecule has 4 atom stereocenters. The molecular weight excluding hydrogens is 362 g/mol. The van der Waals surface area contributed by atoms with Crippen LogP contribution in [0.15, 0.2) is 12.3 Å². The van der Waals surface area contributed by atoms with E-state index in [1.807, 2.05) is 6.07 Å². The van der Waals surface area contributed by atoms with Crippen LogP contribution < -0.4 is 16.0 Å². The molecule has 2 aliphatic rings. The number of fused-ring (bicyclic) bond motifs is 1. The number of aromatic nitrogens is 2. The van der Waals surface area contributed by atoms with Crippen molar-refractivity contribution in [2.24, 2.45) is 5.92 Å². The van der Waals surface area contributed by atoms with E-state index in [-0.39, 0.29) is 29.7 Å². The maximum atomic E-state index is 6.01. The van der Waals surface area contributed by atoms with Crippen molar-refractivity contribution >= 4 is 23.3 Å². The lowest BCUT2D eigenvalue weighted by Gasteiger charge is -2.21. The third-order valence-corrected chi connectivity index (χ3v) is 5.04. The van der Waals surface area contributed by atoms with E-state index in [2.05, 4.69) is 60.5 Å². The van der Waals surface area contributed by atoms with E-state index in [4.69, 9.17) is 21.7 Å². The van der Waals surface area contributed by atoms with Crippen LogP contribution in [0, 0.1) is 5.92 Å². The molecule has 7 nitrogen and oxygen atoms in total. The van der Waals surface area contributed by atoms with Crippen molar-refractivity contribution in [2.45, 2.75) is 64.3 Å². The Kier molecular flexibility index (Phi) is 6.18. The second kappa shape index (κ2) is 8.24. The molecule has 0 aliphatic carbocycles.